The second-order valence-electron chi connectivity index (χ2n) is 8.15. The SMILES string of the molecule is COc1cccc(-c2cc(Cl)ccc2S(=O)(=O)N2CCC(F)(C(=O)NC/C=C/S(C)(=O)=O)CC2)c1. The van der Waals surface area contributed by atoms with Gasteiger partial charge in [0.2, 0.25) is 10.0 Å². The van der Waals surface area contributed by atoms with Crippen molar-refractivity contribution in [3.05, 3.63) is 59.0 Å². The second kappa shape index (κ2) is 10.7. The topological polar surface area (TPSA) is 110 Å². The maximum Gasteiger partial charge on any atom is 0.258 e. The maximum atomic E-state index is 15.3. The Labute approximate surface area is 209 Å². The smallest absolute Gasteiger partial charge is 0.258 e. The summed E-state index contributed by atoms with van der Waals surface area (Å²) in [6.45, 7) is -0.564. The fourth-order valence-corrected chi connectivity index (χ4v) is 5.98. The van der Waals surface area contributed by atoms with E-state index in [1.807, 2.05) is 0 Å². The number of rotatable bonds is 8. The summed E-state index contributed by atoms with van der Waals surface area (Å²) in [5, 5.41) is 3.61. The van der Waals surface area contributed by atoms with Crippen molar-refractivity contribution in [2.75, 3.05) is 33.0 Å². The highest BCUT2D eigenvalue weighted by atomic mass is 35.5. The molecule has 0 spiro atoms. The summed E-state index contributed by atoms with van der Waals surface area (Å²) in [4.78, 5) is 12.4. The first-order chi connectivity index (χ1) is 16.4. The number of ether oxygens (including phenoxy) is 1. The van der Waals surface area contributed by atoms with Crippen LogP contribution in [0.1, 0.15) is 12.8 Å². The van der Waals surface area contributed by atoms with E-state index in [0.717, 1.165) is 16.0 Å². The highest BCUT2D eigenvalue weighted by Gasteiger charge is 2.44. The molecule has 0 radical (unpaired) electrons. The van der Waals surface area contributed by atoms with Crippen LogP contribution >= 0.6 is 11.6 Å². The van der Waals surface area contributed by atoms with Gasteiger partial charge >= 0.3 is 0 Å². The van der Waals surface area contributed by atoms with Crippen LogP contribution in [0.5, 0.6) is 5.75 Å². The predicted octanol–water partition coefficient (Wildman–Crippen LogP) is 3.18. The molecule has 0 aromatic heterocycles. The maximum absolute atomic E-state index is 15.3. The Bertz CT molecular complexity index is 1340. The number of hydrogen-bond acceptors (Lipinski definition) is 6. The third-order valence-electron chi connectivity index (χ3n) is 5.59. The summed E-state index contributed by atoms with van der Waals surface area (Å²) in [6.07, 6.45) is 1.53. The minimum atomic E-state index is -4.03. The van der Waals surface area contributed by atoms with Gasteiger partial charge in [-0.15, -0.1) is 0 Å². The van der Waals surface area contributed by atoms with Crippen molar-refractivity contribution in [1.82, 2.24) is 9.62 Å². The molecule has 12 heteroatoms. The molecule has 1 fully saturated rings. The molecule has 190 valence electrons. The van der Waals surface area contributed by atoms with Gasteiger partial charge in [0.25, 0.3) is 5.91 Å². The molecular weight excluding hydrogens is 519 g/mol. The monoisotopic (exact) mass is 544 g/mol. The molecule has 0 unspecified atom stereocenters. The minimum Gasteiger partial charge on any atom is -0.497 e. The van der Waals surface area contributed by atoms with Gasteiger partial charge in [-0.05, 0) is 35.9 Å². The fourth-order valence-electron chi connectivity index (χ4n) is 3.72. The summed E-state index contributed by atoms with van der Waals surface area (Å²) in [6, 6.07) is 11.3. The van der Waals surface area contributed by atoms with Crippen LogP contribution in [0, 0.1) is 0 Å². The number of benzene rings is 2. The molecule has 2 aromatic carbocycles. The number of sulfone groups is 1. The Morgan fingerprint density at radius 3 is 2.49 bits per heavy atom. The second-order valence-corrected chi connectivity index (χ2v) is 12.4. The highest BCUT2D eigenvalue weighted by molar-refractivity contribution is 7.93. The number of hydrogen-bond donors (Lipinski definition) is 1. The van der Waals surface area contributed by atoms with Crippen molar-refractivity contribution in [1.29, 1.82) is 0 Å². The van der Waals surface area contributed by atoms with E-state index in [-0.39, 0.29) is 37.4 Å². The van der Waals surface area contributed by atoms with Gasteiger partial charge in [-0.3, -0.25) is 4.79 Å². The summed E-state index contributed by atoms with van der Waals surface area (Å²) in [7, 11) is -5.89. The van der Waals surface area contributed by atoms with Gasteiger partial charge in [-0.1, -0.05) is 29.8 Å². The van der Waals surface area contributed by atoms with Crippen LogP contribution in [0.15, 0.2) is 58.8 Å². The Kier molecular flexibility index (Phi) is 8.25. The first-order valence-electron chi connectivity index (χ1n) is 10.6. The van der Waals surface area contributed by atoms with Crippen LogP contribution in [0.2, 0.25) is 5.02 Å². The van der Waals surface area contributed by atoms with Gasteiger partial charge in [0.15, 0.2) is 15.5 Å². The van der Waals surface area contributed by atoms with Crippen molar-refractivity contribution >= 4 is 37.4 Å². The van der Waals surface area contributed by atoms with Crippen LogP contribution in [0.4, 0.5) is 4.39 Å². The van der Waals surface area contributed by atoms with E-state index < -0.39 is 31.4 Å². The Hall–Kier alpha value is -2.47. The summed E-state index contributed by atoms with van der Waals surface area (Å²) in [5.41, 5.74) is -1.30. The van der Waals surface area contributed by atoms with Crippen LogP contribution < -0.4 is 10.1 Å². The van der Waals surface area contributed by atoms with E-state index in [4.69, 9.17) is 16.3 Å². The van der Waals surface area contributed by atoms with E-state index in [0.29, 0.717) is 21.9 Å². The number of nitrogens with one attached hydrogen (secondary N) is 1. The highest BCUT2D eigenvalue weighted by Crippen LogP contribution is 2.36. The van der Waals surface area contributed by atoms with Crippen LogP contribution in [-0.2, 0) is 24.7 Å². The summed E-state index contributed by atoms with van der Waals surface area (Å²) in [5.74, 6) is -0.361. The Morgan fingerprint density at radius 2 is 1.86 bits per heavy atom. The van der Waals surface area contributed by atoms with Crippen molar-refractivity contribution in [2.45, 2.75) is 23.4 Å². The number of carbonyl (C=O) groups excluding carboxylic acids is 1. The molecule has 1 saturated heterocycles. The standard InChI is InChI=1S/C23H26ClFN2O6S2/c1-33-19-6-3-5-17(15-19)20-16-18(24)7-8-21(20)35(31,32)27-12-9-23(25,10-13-27)22(28)26-11-4-14-34(2,29)30/h3-8,14-16H,9-13H2,1-2H3,(H,26,28)/b14-4+. The first-order valence-corrected chi connectivity index (χ1v) is 14.4. The molecular formula is C23H26ClFN2O6S2. The van der Waals surface area contributed by atoms with Gasteiger partial charge < -0.3 is 10.1 Å². The number of sulfonamides is 1. The number of nitrogens with zero attached hydrogens (tertiary/aromatic N) is 1. The zero-order valence-corrected chi connectivity index (χ0v) is 21.6. The van der Waals surface area contributed by atoms with Crippen molar-refractivity contribution in [3.8, 4) is 16.9 Å². The molecule has 0 saturated carbocycles. The zero-order valence-electron chi connectivity index (χ0n) is 19.2. The molecule has 1 aliphatic rings. The number of methoxy groups -OCH3 is 1. The molecule has 3 rings (SSSR count). The van der Waals surface area contributed by atoms with E-state index >= 15 is 4.39 Å². The predicted molar refractivity (Wildman–Crippen MR) is 132 cm³/mol. The van der Waals surface area contributed by atoms with Gasteiger partial charge in [0, 0.05) is 54.7 Å². The molecule has 1 heterocycles. The van der Waals surface area contributed by atoms with Gasteiger partial charge in [-0.25, -0.2) is 21.2 Å². The van der Waals surface area contributed by atoms with Crippen LogP contribution in [0.25, 0.3) is 11.1 Å². The lowest BCUT2D eigenvalue weighted by molar-refractivity contribution is -0.135. The van der Waals surface area contributed by atoms with E-state index in [1.165, 1.54) is 25.3 Å². The first kappa shape index (κ1) is 27.1. The van der Waals surface area contributed by atoms with Crippen LogP contribution in [-0.4, -0.2) is 65.7 Å². The molecule has 35 heavy (non-hydrogen) atoms. The minimum absolute atomic E-state index is 0.0110. The molecule has 0 aliphatic carbocycles. The molecule has 1 aliphatic heterocycles. The number of alkyl halides is 1. The fraction of sp³-hybridized carbons (Fsp3) is 0.348. The number of piperidine rings is 1. The van der Waals surface area contributed by atoms with Gasteiger partial charge in [0.1, 0.15) is 5.75 Å². The number of amides is 1. The van der Waals surface area contributed by atoms with Gasteiger partial charge in [0.05, 0.1) is 12.0 Å². The number of halogens is 2. The van der Waals surface area contributed by atoms with Crippen molar-refractivity contribution < 1.29 is 30.8 Å². The van der Waals surface area contributed by atoms with Crippen molar-refractivity contribution in [3.63, 3.8) is 0 Å². The molecule has 8 nitrogen and oxygen atoms in total. The molecule has 0 bridgehead atoms. The molecule has 1 amide bonds. The van der Waals surface area contributed by atoms with Crippen LogP contribution in [0.3, 0.4) is 0 Å². The van der Waals surface area contributed by atoms with Crippen molar-refractivity contribution in [2.24, 2.45) is 0 Å². The average Bonchev–Trinajstić information content (AvgIpc) is 2.81. The average molecular weight is 545 g/mol. The lowest BCUT2D eigenvalue weighted by Crippen LogP contribution is -2.52. The summed E-state index contributed by atoms with van der Waals surface area (Å²) >= 11 is 6.15. The molecule has 0 atom stereocenters. The normalized spacial score (nSPS) is 16.8. The Balaban J connectivity index is 1.78. The quantitative estimate of drug-likeness (QED) is 0.546. The summed E-state index contributed by atoms with van der Waals surface area (Å²) < 4.78 is 70.8. The lowest BCUT2D eigenvalue weighted by atomic mass is 9.93. The van der Waals surface area contributed by atoms with Gasteiger partial charge in [-0.2, -0.15) is 4.31 Å². The largest absolute Gasteiger partial charge is 0.497 e. The van der Waals surface area contributed by atoms with E-state index in [1.54, 1.807) is 30.3 Å². The van der Waals surface area contributed by atoms with E-state index in [2.05, 4.69) is 5.32 Å². The Morgan fingerprint density at radius 1 is 1.17 bits per heavy atom. The number of carbonyl (C=O) groups is 1. The third kappa shape index (κ3) is 6.60. The zero-order chi connectivity index (χ0) is 25.9. The third-order valence-corrected chi connectivity index (χ3v) is 8.46. The molecule has 1 N–H and O–H groups in total. The van der Waals surface area contributed by atoms with E-state index in [9.17, 15) is 21.6 Å². The molecule has 2 aromatic rings. The lowest BCUT2D eigenvalue weighted by Gasteiger charge is -2.35.